The number of urea groups is 1. The Labute approximate surface area is 216 Å². The lowest BCUT2D eigenvalue weighted by Gasteiger charge is -2.33. The first-order valence-corrected chi connectivity index (χ1v) is 12.3. The molecule has 0 spiro atoms. The number of hydrogen-bond donors (Lipinski definition) is 0. The third-order valence-electron chi connectivity index (χ3n) is 6.59. The van der Waals surface area contributed by atoms with Gasteiger partial charge in [-0.25, -0.2) is 14.8 Å². The summed E-state index contributed by atoms with van der Waals surface area (Å²) in [4.78, 5) is 40.2. The van der Waals surface area contributed by atoms with E-state index in [2.05, 4.69) is 15.0 Å². The second-order valence-corrected chi connectivity index (χ2v) is 9.63. The Kier molecular flexibility index (Phi) is 6.80. The molecule has 5 rings (SSSR count). The largest absolute Gasteiger partial charge is 0.491 e. The Morgan fingerprint density at radius 3 is 2.50 bits per heavy atom. The number of amides is 3. The fourth-order valence-electron chi connectivity index (χ4n) is 4.84. The molecule has 9 nitrogen and oxygen atoms in total. The van der Waals surface area contributed by atoms with E-state index in [0.29, 0.717) is 49.0 Å². The number of fused-ring (bicyclic) bond motifs is 1. The van der Waals surface area contributed by atoms with Gasteiger partial charge in [0.25, 0.3) is 5.91 Å². The van der Waals surface area contributed by atoms with Crippen molar-refractivity contribution in [1.82, 2.24) is 19.9 Å². The summed E-state index contributed by atoms with van der Waals surface area (Å²) in [7, 11) is 0. The fourth-order valence-corrected chi connectivity index (χ4v) is 4.84. The Hall–Kier alpha value is -3.96. The first-order chi connectivity index (χ1) is 18.1. The molecule has 2 fully saturated rings. The number of aromatic nitrogens is 3. The lowest BCUT2D eigenvalue weighted by Crippen LogP contribution is -2.44. The summed E-state index contributed by atoms with van der Waals surface area (Å²) in [5.41, 5.74) is -0.346. The van der Waals surface area contributed by atoms with E-state index < -0.39 is 23.7 Å². The molecule has 2 aromatic heterocycles. The number of anilines is 1. The van der Waals surface area contributed by atoms with Gasteiger partial charge in [0, 0.05) is 18.3 Å². The first-order valence-electron chi connectivity index (χ1n) is 12.3. The standard InChI is InChI=1S/C26H26F3N5O4/c1-15(2)37-20-7-8-21-22(10-20)31-14-32-24(21)38-19-5-3-17(4-6-19)34-23(35)13-33(25(34)36)18-9-16(11-30-12-18)26(27,28)29/h7-12,14-15,17,19H,3-6,13H2,1-2H3. The number of alkyl halides is 3. The molecule has 1 aliphatic carbocycles. The highest BCUT2D eigenvalue weighted by atomic mass is 19.4. The van der Waals surface area contributed by atoms with Crippen LogP contribution in [0.25, 0.3) is 10.9 Å². The molecular weight excluding hydrogens is 503 g/mol. The average Bonchev–Trinajstić information content (AvgIpc) is 3.17. The van der Waals surface area contributed by atoms with Crippen LogP contribution in [0.3, 0.4) is 0 Å². The second-order valence-electron chi connectivity index (χ2n) is 9.63. The van der Waals surface area contributed by atoms with E-state index in [9.17, 15) is 22.8 Å². The molecule has 12 heteroatoms. The van der Waals surface area contributed by atoms with Gasteiger partial charge in [-0.3, -0.25) is 19.6 Å². The molecule has 0 N–H and O–H groups in total. The Balaban J connectivity index is 1.24. The van der Waals surface area contributed by atoms with Crippen LogP contribution in [0.5, 0.6) is 11.6 Å². The van der Waals surface area contributed by atoms with Gasteiger partial charge in [-0.15, -0.1) is 0 Å². The zero-order valence-corrected chi connectivity index (χ0v) is 20.8. The molecule has 1 saturated heterocycles. The molecule has 1 aliphatic heterocycles. The molecule has 1 saturated carbocycles. The molecule has 38 heavy (non-hydrogen) atoms. The fraction of sp³-hybridized carbons (Fsp3) is 0.423. The maximum absolute atomic E-state index is 13.1. The van der Waals surface area contributed by atoms with Gasteiger partial charge in [0.05, 0.1) is 34.5 Å². The van der Waals surface area contributed by atoms with Gasteiger partial charge in [0.2, 0.25) is 5.88 Å². The Morgan fingerprint density at radius 2 is 1.79 bits per heavy atom. The minimum Gasteiger partial charge on any atom is -0.491 e. The van der Waals surface area contributed by atoms with E-state index in [4.69, 9.17) is 9.47 Å². The number of rotatable bonds is 6. The highest BCUT2D eigenvalue weighted by Gasteiger charge is 2.43. The molecule has 0 bridgehead atoms. The molecule has 3 aromatic rings. The van der Waals surface area contributed by atoms with E-state index in [1.165, 1.54) is 6.33 Å². The normalized spacial score (nSPS) is 20.5. The zero-order valence-electron chi connectivity index (χ0n) is 20.8. The maximum atomic E-state index is 13.1. The topological polar surface area (TPSA) is 97.8 Å². The Bertz CT molecular complexity index is 1360. The first kappa shape index (κ1) is 25.7. The molecule has 3 amide bonds. The number of benzene rings is 1. The van der Waals surface area contributed by atoms with Crippen LogP contribution in [0.15, 0.2) is 43.0 Å². The minimum atomic E-state index is -4.60. The summed E-state index contributed by atoms with van der Waals surface area (Å²) in [6.07, 6.45) is 0.686. The summed E-state index contributed by atoms with van der Waals surface area (Å²) >= 11 is 0. The maximum Gasteiger partial charge on any atom is 0.417 e. The molecule has 3 heterocycles. The van der Waals surface area contributed by atoms with Gasteiger partial charge in [-0.1, -0.05) is 0 Å². The number of hydrogen-bond acceptors (Lipinski definition) is 7. The van der Waals surface area contributed by atoms with Crippen LogP contribution < -0.4 is 14.4 Å². The lowest BCUT2D eigenvalue weighted by atomic mass is 9.92. The van der Waals surface area contributed by atoms with Crippen molar-refractivity contribution in [2.75, 3.05) is 11.4 Å². The van der Waals surface area contributed by atoms with Crippen molar-refractivity contribution < 1.29 is 32.2 Å². The van der Waals surface area contributed by atoms with Crippen LogP contribution in [0.4, 0.5) is 23.7 Å². The molecule has 200 valence electrons. The molecule has 0 radical (unpaired) electrons. The van der Waals surface area contributed by atoms with Crippen LogP contribution >= 0.6 is 0 Å². The lowest BCUT2D eigenvalue weighted by molar-refractivity contribution is -0.137. The molecular formula is C26H26F3N5O4. The van der Waals surface area contributed by atoms with Crippen LogP contribution in [-0.2, 0) is 11.0 Å². The van der Waals surface area contributed by atoms with Gasteiger partial charge in [-0.2, -0.15) is 13.2 Å². The smallest absolute Gasteiger partial charge is 0.417 e. The summed E-state index contributed by atoms with van der Waals surface area (Å²) < 4.78 is 51.2. The van der Waals surface area contributed by atoms with E-state index in [1.807, 2.05) is 32.0 Å². The van der Waals surface area contributed by atoms with E-state index in [-0.39, 0.29) is 30.5 Å². The van der Waals surface area contributed by atoms with Crippen molar-refractivity contribution in [1.29, 1.82) is 0 Å². The molecule has 0 unspecified atom stereocenters. The molecule has 1 aromatic carbocycles. The van der Waals surface area contributed by atoms with Crippen molar-refractivity contribution >= 4 is 28.5 Å². The van der Waals surface area contributed by atoms with Crippen molar-refractivity contribution in [3.05, 3.63) is 48.5 Å². The number of imide groups is 1. The van der Waals surface area contributed by atoms with Crippen molar-refractivity contribution in [3.8, 4) is 11.6 Å². The van der Waals surface area contributed by atoms with Gasteiger partial charge < -0.3 is 9.47 Å². The summed E-state index contributed by atoms with van der Waals surface area (Å²) in [6, 6.07) is 5.35. The number of halogens is 3. The number of nitrogens with zero attached hydrogens (tertiary/aromatic N) is 5. The van der Waals surface area contributed by atoms with Gasteiger partial charge in [0.1, 0.15) is 24.7 Å². The van der Waals surface area contributed by atoms with Crippen LogP contribution in [0.2, 0.25) is 0 Å². The van der Waals surface area contributed by atoms with Gasteiger partial charge >= 0.3 is 12.2 Å². The van der Waals surface area contributed by atoms with Crippen molar-refractivity contribution in [2.24, 2.45) is 0 Å². The minimum absolute atomic E-state index is 0.0309. The summed E-state index contributed by atoms with van der Waals surface area (Å²) in [5.74, 6) is 0.705. The average molecular weight is 530 g/mol. The van der Waals surface area contributed by atoms with E-state index in [0.717, 1.165) is 27.4 Å². The van der Waals surface area contributed by atoms with Gasteiger partial charge in [0.15, 0.2) is 0 Å². The SMILES string of the molecule is CC(C)Oc1ccc2c(OC3CCC(N4C(=O)CN(c5cncc(C(F)(F)F)c5)C4=O)CC3)ncnc2c1. The third-order valence-corrected chi connectivity index (χ3v) is 6.59. The number of carbonyl (C=O) groups is 2. The monoisotopic (exact) mass is 529 g/mol. The van der Waals surface area contributed by atoms with Crippen LogP contribution in [0, 0.1) is 0 Å². The van der Waals surface area contributed by atoms with Gasteiger partial charge in [-0.05, 0) is 57.7 Å². The molecule has 2 aliphatic rings. The third kappa shape index (κ3) is 5.20. The van der Waals surface area contributed by atoms with E-state index in [1.54, 1.807) is 0 Å². The highest BCUT2D eigenvalue weighted by Crippen LogP contribution is 2.35. The van der Waals surface area contributed by atoms with E-state index >= 15 is 0 Å². The predicted molar refractivity (Wildman–Crippen MR) is 131 cm³/mol. The molecule has 0 atom stereocenters. The highest BCUT2D eigenvalue weighted by molar-refractivity contribution is 6.12. The quantitative estimate of drug-likeness (QED) is 0.415. The van der Waals surface area contributed by atoms with Crippen molar-refractivity contribution in [2.45, 2.75) is 64.0 Å². The van der Waals surface area contributed by atoms with Crippen LogP contribution in [0.1, 0.15) is 45.1 Å². The second kappa shape index (κ2) is 10.1. The number of ether oxygens (including phenoxy) is 2. The summed E-state index contributed by atoms with van der Waals surface area (Å²) in [6.45, 7) is 3.56. The zero-order chi connectivity index (χ0) is 27.0. The van der Waals surface area contributed by atoms with Crippen LogP contribution in [-0.4, -0.2) is 56.6 Å². The predicted octanol–water partition coefficient (Wildman–Crippen LogP) is 4.99. The summed E-state index contributed by atoms with van der Waals surface area (Å²) in [5, 5.41) is 0.751. The van der Waals surface area contributed by atoms with Crippen molar-refractivity contribution in [3.63, 3.8) is 0 Å². The Morgan fingerprint density at radius 1 is 1.03 bits per heavy atom. The number of pyridine rings is 1. The number of carbonyl (C=O) groups excluding carboxylic acids is 2.